The molecule has 1 aromatic rings. The minimum Gasteiger partial charge on any atom is -0.336 e. The van der Waals surface area contributed by atoms with Gasteiger partial charge in [0.1, 0.15) is 0 Å². The standard InChI is InChI=1S/C13H20N4O/c1-10-9-16(7-5-14-10)13(18)11-8-15-17-6-3-2-4-12(11)17/h8,10,14H,2-7,9H2,1H3/t10-/m1/s1. The van der Waals surface area contributed by atoms with Crippen molar-refractivity contribution in [2.24, 2.45) is 0 Å². The molecule has 98 valence electrons. The highest BCUT2D eigenvalue weighted by atomic mass is 16.2. The van der Waals surface area contributed by atoms with Crippen LogP contribution in [0.3, 0.4) is 0 Å². The fourth-order valence-corrected chi connectivity index (χ4v) is 2.89. The Balaban J connectivity index is 1.81. The van der Waals surface area contributed by atoms with Gasteiger partial charge in [-0.25, -0.2) is 0 Å². The van der Waals surface area contributed by atoms with Gasteiger partial charge in [-0.15, -0.1) is 0 Å². The fourth-order valence-electron chi connectivity index (χ4n) is 2.89. The summed E-state index contributed by atoms with van der Waals surface area (Å²) >= 11 is 0. The minimum absolute atomic E-state index is 0.159. The van der Waals surface area contributed by atoms with Crippen LogP contribution in [0, 0.1) is 0 Å². The van der Waals surface area contributed by atoms with Gasteiger partial charge in [-0.2, -0.15) is 5.10 Å². The van der Waals surface area contributed by atoms with Crippen molar-refractivity contribution in [3.8, 4) is 0 Å². The van der Waals surface area contributed by atoms with E-state index in [1.807, 2.05) is 9.58 Å². The largest absolute Gasteiger partial charge is 0.336 e. The molecule has 0 unspecified atom stereocenters. The average Bonchev–Trinajstić information content (AvgIpc) is 2.82. The number of fused-ring (bicyclic) bond motifs is 1. The van der Waals surface area contributed by atoms with Crippen molar-refractivity contribution in [1.82, 2.24) is 20.0 Å². The molecular weight excluding hydrogens is 228 g/mol. The second kappa shape index (κ2) is 4.72. The van der Waals surface area contributed by atoms with Crippen molar-refractivity contribution in [1.29, 1.82) is 0 Å². The van der Waals surface area contributed by atoms with E-state index in [9.17, 15) is 4.79 Å². The van der Waals surface area contributed by atoms with E-state index in [1.54, 1.807) is 6.20 Å². The predicted octanol–water partition coefficient (Wildman–Crippen LogP) is 0.653. The summed E-state index contributed by atoms with van der Waals surface area (Å²) in [4.78, 5) is 14.5. The first-order chi connectivity index (χ1) is 8.75. The van der Waals surface area contributed by atoms with Crippen LogP contribution < -0.4 is 5.32 Å². The third-order valence-electron chi connectivity index (χ3n) is 3.87. The van der Waals surface area contributed by atoms with Crippen molar-refractivity contribution in [3.63, 3.8) is 0 Å². The molecule has 3 rings (SSSR count). The fraction of sp³-hybridized carbons (Fsp3) is 0.692. The van der Waals surface area contributed by atoms with Crippen LogP contribution in [0.1, 0.15) is 35.8 Å². The van der Waals surface area contributed by atoms with Gasteiger partial charge in [-0.05, 0) is 26.2 Å². The molecule has 0 radical (unpaired) electrons. The maximum Gasteiger partial charge on any atom is 0.257 e. The SMILES string of the molecule is C[C@@H]1CN(C(=O)c2cnn3c2CCCC3)CCN1. The molecule has 1 amide bonds. The zero-order valence-electron chi connectivity index (χ0n) is 10.9. The molecule has 5 nitrogen and oxygen atoms in total. The van der Waals surface area contributed by atoms with E-state index < -0.39 is 0 Å². The van der Waals surface area contributed by atoms with Gasteiger partial charge in [0.05, 0.1) is 17.5 Å². The summed E-state index contributed by atoms with van der Waals surface area (Å²) in [7, 11) is 0. The van der Waals surface area contributed by atoms with Crippen LogP contribution in [0.25, 0.3) is 0 Å². The van der Waals surface area contributed by atoms with Crippen LogP contribution >= 0.6 is 0 Å². The van der Waals surface area contributed by atoms with Crippen molar-refractivity contribution in [3.05, 3.63) is 17.5 Å². The lowest BCUT2D eigenvalue weighted by Gasteiger charge is -2.32. The van der Waals surface area contributed by atoms with Gasteiger partial charge in [0.15, 0.2) is 0 Å². The molecule has 1 fully saturated rings. The summed E-state index contributed by atoms with van der Waals surface area (Å²) in [5, 5.41) is 7.70. The second-order valence-electron chi connectivity index (χ2n) is 5.29. The Labute approximate surface area is 107 Å². The van der Waals surface area contributed by atoms with Crippen molar-refractivity contribution < 1.29 is 4.79 Å². The zero-order chi connectivity index (χ0) is 12.5. The van der Waals surface area contributed by atoms with E-state index in [2.05, 4.69) is 17.3 Å². The van der Waals surface area contributed by atoms with Crippen LogP contribution in [-0.4, -0.2) is 46.3 Å². The Kier molecular flexibility index (Phi) is 3.07. The molecule has 0 spiro atoms. The number of rotatable bonds is 1. The maximum absolute atomic E-state index is 12.5. The van der Waals surface area contributed by atoms with Gasteiger partial charge in [0.2, 0.25) is 0 Å². The smallest absolute Gasteiger partial charge is 0.257 e. The highest BCUT2D eigenvalue weighted by molar-refractivity contribution is 5.95. The number of nitrogens with zero attached hydrogens (tertiary/aromatic N) is 3. The summed E-state index contributed by atoms with van der Waals surface area (Å²) in [5.74, 6) is 0.159. The van der Waals surface area contributed by atoms with Crippen molar-refractivity contribution in [2.75, 3.05) is 19.6 Å². The molecule has 2 aliphatic rings. The summed E-state index contributed by atoms with van der Waals surface area (Å²) in [6.45, 7) is 5.56. The predicted molar refractivity (Wildman–Crippen MR) is 68.5 cm³/mol. The molecule has 1 atom stereocenters. The normalized spacial score (nSPS) is 23.8. The number of piperazine rings is 1. The van der Waals surface area contributed by atoms with E-state index in [4.69, 9.17) is 0 Å². The number of hydrogen-bond donors (Lipinski definition) is 1. The maximum atomic E-state index is 12.5. The highest BCUT2D eigenvalue weighted by Gasteiger charge is 2.26. The topological polar surface area (TPSA) is 50.2 Å². The quantitative estimate of drug-likeness (QED) is 0.794. The van der Waals surface area contributed by atoms with E-state index >= 15 is 0 Å². The lowest BCUT2D eigenvalue weighted by atomic mass is 10.1. The minimum atomic E-state index is 0.159. The van der Waals surface area contributed by atoms with Gasteiger partial charge in [-0.1, -0.05) is 0 Å². The summed E-state index contributed by atoms with van der Waals surface area (Å²) in [5.41, 5.74) is 1.96. The van der Waals surface area contributed by atoms with Gasteiger partial charge in [0, 0.05) is 32.2 Å². The third-order valence-corrected chi connectivity index (χ3v) is 3.87. The molecule has 18 heavy (non-hydrogen) atoms. The van der Waals surface area contributed by atoms with Gasteiger partial charge < -0.3 is 10.2 Å². The summed E-state index contributed by atoms with van der Waals surface area (Å²) < 4.78 is 2.00. The van der Waals surface area contributed by atoms with Gasteiger partial charge >= 0.3 is 0 Å². The molecule has 1 N–H and O–H groups in total. The van der Waals surface area contributed by atoms with E-state index in [0.29, 0.717) is 6.04 Å². The van der Waals surface area contributed by atoms with Crippen LogP contribution in [0.15, 0.2) is 6.20 Å². The Hall–Kier alpha value is -1.36. The average molecular weight is 248 g/mol. The van der Waals surface area contributed by atoms with Crippen molar-refractivity contribution in [2.45, 2.75) is 38.8 Å². The Bertz CT molecular complexity index is 454. The number of amides is 1. The van der Waals surface area contributed by atoms with E-state index in [1.165, 1.54) is 12.8 Å². The molecule has 5 heteroatoms. The zero-order valence-corrected chi connectivity index (χ0v) is 10.9. The van der Waals surface area contributed by atoms with E-state index in [0.717, 1.165) is 43.9 Å². The van der Waals surface area contributed by atoms with Gasteiger partial charge in [-0.3, -0.25) is 9.48 Å². The number of nitrogens with one attached hydrogen (secondary N) is 1. The lowest BCUT2D eigenvalue weighted by Crippen LogP contribution is -2.51. The third kappa shape index (κ3) is 2.03. The Morgan fingerprint density at radius 2 is 2.33 bits per heavy atom. The molecular formula is C13H20N4O. The number of carbonyl (C=O) groups excluding carboxylic acids is 1. The Morgan fingerprint density at radius 3 is 3.17 bits per heavy atom. The van der Waals surface area contributed by atoms with Gasteiger partial charge in [0.25, 0.3) is 5.91 Å². The molecule has 1 saturated heterocycles. The molecule has 0 aliphatic carbocycles. The molecule has 3 heterocycles. The first-order valence-corrected chi connectivity index (χ1v) is 6.83. The first kappa shape index (κ1) is 11.7. The molecule has 1 aromatic heterocycles. The number of aryl methyl sites for hydroxylation is 1. The molecule has 0 bridgehead atoms. The van der Waals surface area contributed by atoms with Crippen LogP contribution in [0.4, 0.5) is 0 Å². The summed E-state index contributed by atoms with van der Waals surface area (Å²) in [6, 6.07) is 0.383. The van der Waals surface area contributed by atoms with Crippen LogP contribution in [-0.2, 0) is 13.0 Å². The number of carbonyl (C=O) groups is 1. The van der Waals surface area contributed by atoms with E-state index in [-0.39, 0.29) is 5.91 Å². The highest BCUT2D eigenvalue weighted by Crippen LogP contribution is 2.20. The van der Waals surface area contributed by atoms with Crippen LogP contribution in [0.5, 0.6) is 0 Å². The summed E-state index contributed by atoms with van der Waals surface area (Å²) in [6.07, 6.45) is 5.09. The van der Waals surface area contributed by atoms with Crippen molar-refractivity contribution >= 4 is 5.91 Å². The van der Waals surface area contributed by atoms with Crippen LogP contribution in [0.2, 0.25) is 0 Å². The second-order valence-corrected chi connectivity index (χ2v) is 5.29. The molecule has 2 aliphatic heterocycles. The number of aromatic nitrogens is 2. The lowest BCUT2D eigenvalue weighted by molar-refractivity contribution is 0.0707. The molecule has 0 aromatic carbocycles. The number of hydrogen-bond acceptors (Lipinski definition) is 3. The first-order valence-electron chi connectivity index (χ1n) is 6.83. The molecule has 0 saturated carbocycles. The Morgan fingerprint density at radius 1 is 1.44 bits per heavy atom. The monoisotopic (exact) mass is 248 g/mol.